The number of carboxylic acid groups (broad SMARTS) is 1. The van der Waals surface area contributed by atoms with Crippen LogP contribution in [0, 0.1) is 0 Å². The van der Waals surface area contributed by atoms with E-state index in [1.54, 1.807) is 56.6 Å². The zero-order valence-electron chi connectivity index (χ0n) is 15.0. The number of rotatable bonds is 9. The number of hydrogen-bond donors (Lipinski definition) is 1. The van der Waals surface area contributed by atoms with E-state index in [9.17, 15) is 9.59 Å². The lowest BCUT2D eigenvalue weighted by Gasteiger charge is -2.20. The molecule has 27 heavy (non-hydrogen) atoms. The van der Waals surface area contributed by atoms with Crippen LogP contribution in [0.4, 0.5) is 5.69 Å². The van der Waals surface area contributed by atoms with Gasteiger partial charge in [0.05, 0.1) is 12.2 Å². The van der Waals surface area contributed by atoms with E-state index in [0.717, 1.165) is 0 Å². The highest BCUT2D eigenvalue weighted by Crippen LogP contribution is 2.27. The summed E-state index contributed by atoms with van der Waals surface area (Å²) in [7, 11) is 3.18. The minimum Gasteiger partial charge on any atom is -0.490 e. The van der Waals surface area contributed by atoms with Crippen LogP contribution in [0.25, 0.3) is 0 Å². The van der Waals surface area contributed by atoms with Crippen LogP contribution in [0.1, 0.15) is 10.4 Å². The molecule has 1 amide bonds. The van der Waals surface area contributed by atoms with Crippen LogP contribution in [0.3, 0.4) is 0 Å². The van der Waals surface area contributed by atoms with Crippen molar-refractivity contribution in [2.45, 2.75) is 0 Å². The van der Waals surface area contributed by atoms with Crippen molar-refractivity contribution in [1.82, 2.24) is 0 Å². The van der Waals surface area contributed by atoms with Crippen LogP contribution in [-0.4, -0.2) is 51.0 Å². The smallest absolute Gasteiger partial charge is 0.341 e. The van der Waals surface area contributed by atoms with Gasteiger partial charge in [0.15, 0.2) is 6.61 Å². The second-order valence-electron chi connectivity index (χ2n) is 5.52. The summed E-state index contributed by atoms with van der Waals surface area (Å²) >= 11 is 6.04. The molecule has 0 aliphatic heterocycles. The highest BCUT2D eigenvalue weighted by molar-refractivity contribution is 6.31. The van der Waals surface area contributed by atoms with E-state index in [1.807, 2.05) is 0 Å². The maximum absolute atomic E-state index is 12.9. The predicted octanol–water partition coefficient (Wildman–Crippen LogP) is 3.11. The molecule has 0 aromatic heterocycles. The molecule has 0 aliphatic rings. The average Bonchev–Trinajstić information content (AvgIpc) is 2.67. The Morgan fingerprint density at radius 3 is 2.41 bits per heavy atom. The summed E-state index contributed by atoms with van der Waals surface area (Å²) < 4.78 is 15.6. The molecule has 0 atom stereocenters. The van der Waals surface area contributed by atoms with Crippen molar-refractivity contribution in [1.29, 1.82) is 0 Å². The molecule has 0 saturated carbocycles. The number of anilines is 1. The molecule has 0 unspecified atom stereocenters. The first-order valence-electron chi connectivity index (χ1n) is 8.06. The van der Waals surface area contributed by atoms with Crippen molar-refractivity contribution in [3.63, 3.8) is 0 Å². The molecular formula is C19H20ClNO6. The topological polar surface area (TPSA) is 85.3 Å². The third-order valence-corrected chi connectivity index (χ3v) is 3.84. The van der Waals surface area contributed by atoms with Gasteiger partial charge >= 0.3 is 5.97 Å². The van der Waals surface area contributed by atoms with Gasteiger partial charge < -0.3 is 24.2 Å². The van der Waals surface area contributed by atoms with Gasteiger partial charge in [0.25, 0.3) is 5.91 Å². The van der Waals surface area contributed by atoms with Crippen LogP contribution in [0.2, 0.25) is 5.02 Å². The molecule has 2 rings (SSSR count). The number of methoxy groups -OCH3 is 1. The van der Waals surface area contributed by atoms with Gasteiger partial charge in [-0.2, -0.15) is 0 Å². The van der Waals surface area contributed by atoms with Gasteiger partial charge in [-0.15, -0.1) is 0 Å². The summed E-state index contributed by atoms with van der Waals surface area (Å²) in [6.45, 7) is 0.264. The Morgan fingerprint density at radius 1 is 1.07 bits per heavy atom. The van der Waals surface area contributed by atoms with Crippen LogP contribution in [0.5, 0.6) is 11.5 Å². The first kappa shape index (κ1) is 20.5. The highest BCUT2D eigenvalue weighted by atomic mass is 35.5. The standard InChI is InChI=1S/C19H20ClNO6/c1-21(14-4-6-15(7-5-14)27-12-18(22)23)19(24)16-11-13(20)3-8-17(16)26-10-9-25-2/h3-8,11H,9-10,12H2,1-2H3,(H,22,23). The summed E-state index contributed by atoms with van der Waals surface area (Å²) in [6.07, 6.45) is 0. The first-order valence-corrected chi connectivity index (χ1v) is 8.44. The van der Waals surface area contributed by atoms with E-state index in [-0.39, 0.29) is 5.91 Å². The number of benzene rings is 2. The molecule has 1 N–H and O–H groups in total. The lowest BCUT2D eigenvalue weighted by atomic mass is 10.1. The lowest BCUT2D eigenvalue weighted by Crippen LogP contribution is -2.27. The number of aliphatic carboxylic acids is 1. The molecule has 0 fully saturated rings. The molecule has 2 aromatic rings. The zero-order chi connectivity index (χ0) is 19.8. The normalized spacial score (nSPS) is 10.3. The quantitative estimate of drug-likeness (QED) is 0.659. The van der Waals surface area contributed by atoms with Crippen molar-refractivity contribution in [2.24, 2.45) is 0 Å². The van der Waals surface area contributed by atoms with Crippen molar-refractivity contribution >= 4 is 29.2 Å². The molecule has 0 aliphatic carbocycles. The summed E-state index contributed by atoms with van der Waals surface area (Å²) in [5.74, 6) is -0.555. The summed E-state index contributed by atoms with van der Waals surface area (Å²) in [4.78, 5) is 24.9. The molecule has 8 heteroatoms. The van der Waals surface area contributed by atoms with E-state index >= 15 is 0 Å². The fraction of sp³-hybridized carbons (Fsp3) is 0.263. The molecule has 0 bridgehead atoms. The third-order valence-electron chi connectivity index (χ3n) is 3.61. The molecule has 144 valence electrons. The number of amides is 1. The molecule has 0 heterocycles. The Labute approximate surface area is 162 Å². The van der Waals surface area contributed by atoms with Gasteiger partial charge in [0.1, 0.15) is 18.1 Å². The number of carbonyl (C=O) groups excluding carboxylic acids is 1. The minimum absolute atomic E-state index is 0.302. The first-order chi connectivity index (χ1) is 12.9. The van der Waals surface area contributed by atoms with Gasteiger partial charge in [-0.05, 0) is 42.5 Å². The molecular weight excluding hydrogens is 374 g/mol. The zero-order valence-corrected chi connectivity index (χ0v) is 15.7. The monoisotopic (exact) mass is 393 g/mol. The number of carbonyl (C=O) groups is 2. The molecule has 0 spiro atoms. The van der Waals surface area contributed by atoms with E-state index in [4.69, 9.17) is 30.9 Å². The van der Waals surface area contributed by atoms with E-state index in [2.05, 4.69) is 0 Å². The Bertz CT molecular complexity index is 793. The SMILES string of the molecule is COCCOc1ccc(Cl)cc1C(=O)N(C)c1ccc(OCC(=O)O)cc1. The van der Waals surface area contributed by atoms with Gasteiger partial charge in [-0.3, -0.25) is 4.79 Å². The number of nitrogens with zero attached hydrogens (tertiary/aromatic N) is 1. The number of ether oxygens (including phenoxy) is 3. The fourth-order valence-electron chi connectivity index (χ4n) is 2.24. The summed E-state index contributed by atoms with van der Waals surface area (Å²) in [5.41, 5.74) is 0.929. The molecule has 0 saturated heterocycles. The maximum Gasteiger partial charge on any atom is 0.341 e. The fourth-order valence-corrected chi connectivity index (χ4v) is 2.41. The number of hydrogen-bond acceptors (Lipinski definition) is 5. The Balaban J connectivity index is 2.16. The van der Waals surface area contributed by atoms with E-state index < -0.39 is 12.6 Å². The summed E-state index contributed by atoms with van der Waals surface area (Å²) in [5, 5.41) is 9.05. The van der Waals surface area contributed by atoms with Crippen LogP contribution >= 0.6 is 11.6 Å². The maximum atomic E-state index is 12.9. The van der Waals surface area contributed by atoms with Crippen molar-refractivity contribution < 1.29 is 28.9 Å². The van der Waals surface area contributed by atoms with E-state index in [0.29, 0.717) is 41.0 Å². The Hall–Kier alpha value is -2.77. The number of carboxylic acids is 1. The van der Waals surface area contributed by atoms with E-state index in [1.165, 1.54) is 4.90 Å². The van der Waals surface area contributed by atoms with Crippen molar-refractivity contribution in [3.05, 3.63) is 53.1 Å². The minimum atomic E-state index is -1.06. The second kappa shape index (κ2) is 9.80. The van der Waals surface area contributed by atoms with Gasteiger partial charge in [0, 0.05) is 24.9 Å². The molecule has 7 nitrogen and oxygen atoms in total. The van der Waals surface area contributed by atoms with Crippen molar-refractivity contribution in [2.75, 3.05) is 38.9 Å². The second-order valence-corrected chi connectivity index (χ2v) is 5.96. The molecule has 0 radical (unpaired) electrons. The van der Waals surface area contributed by atoms with Gasteiger partial charge in [0.2, 0.25) is 0 Å². The Kier molecular flexibility index (Phi) is 7.45. The van der Waals surface area contributed by atoms with Crippen molar-refractivity contribution in [3.8, 4) is 11.5 Å². The highest BCUT2D eigenvalue weighted by Gasteiger charge is 2.19. The van der Waals surface area contributed by atoms with Gasteiger partial charge in [-0.1, -0.05) is 11.6 Å². The third kappa shape index (κ3) is 5.87. The predicted molar refractivity (Wildman–Crippen MR) is 101 cm³/mol. The number of halogens is 1. The van der Waals surface area contributed by atoms with Crippen LogP contribution < -0.4 is 14.4 Å². The lowest BCUT2D eigenvalue weighted by molar-refractivity contribution is -0.139. The summed E-state index contributed by atoms with van der Waals surface area (Å²) in [6, 6.07) is 11.3. The van der Waals surface area contributed by atoms with Gasteiger partial charge in [-0.25, -0.2) is 4.79 Å². The Morgan fingerprint density at radius 2 is 1.78 bits per heavy atom. The largest absolute Gasteiger partial charge is 0.490 e. The molecule has 2 aromatic carbocycles. The van der Waals surface area contributed by atoms with Crippen LogP contribution in [0.15, 0.2) is 42.5 Å². The average molecular weight is 394 g/mol. The van der Waals surface area contributed by atoms with Crippen LogP contribution in [-0.2, 0) is 9.53 Å².